The molecule has 0 saturated carbocycles. The summed E-state index contributed by atoms with van der Waals surface area (Å²) in [6.07, 6.45) is 3.88. The van der Waals surface area contributed by atoms with Crippen LogP contribution < -0.4 is 5.43 Å². The molecule has 0 heterocycles. The van der Waals surface area contributed by atoms with E-state index in [1.807, 2.05) is 91.0 Å². The molecule has 0 aliphatic heterocycles. The van der Waals surface area contributed by atoms with Gasteiger partial charge in [0.05, 0.1) is 11.3 Å². The first-order valence-electron chi connectivity index (χ1n) is 8.15. The van der Waals surface area contributed by atoms with Crippen LogP contribution in [-0.4, -0.2) is 11.6 Å². The van der Waals surface area contributed by atoms with Crippen molar-refractivity contribution in [3.8, 4) is 0 Å². The second-order valence-corrected chi connectivity index (χ2v) is 6.69. The Bertz CT molecular complexity index is 935. The molecule has 0 saturated heterocycles. The predicted molar refractivity (Wildman–Crippen MR) is 115 cm³/mol. The van der Waals surface area contributed by atoms with Crippen molar-refractivity contribution in [3.05, 3.63) is 111 Å². The monoisotopic (exact) mass is 452 g/mol. The second-order valence-electron chi connectivity index (χ2n) is 5.53. The molecule has 0 radical (unpaired) electrons. The number of allylic oxidation sites excluding steroid dienone is 1. The lowest BCUT2D eigenvalue weighted by Gasteiger charge is -2.05. The van der Waals surface area contributed by atoms with E-state index in [1.54, 1.807) is 6.07 Å². The Kier molecular flexibility index (Phi) is 6.33. The number of nitrogens with one attached hydrogen (secondary N) is 1. The highest BCUT2D eigenvalue weighted by Crippen LogP contribution is 2.11. The first-order valence-corrected chi connectivity index (χ1v) is 9.23. The maximum atomic E-state index is 12.4. The van der Waals surface area contributed by atoms with Gasteiger partial charge in [-0.1, -0.05) is 78.9 Å². The SMILES string of the molecule is O=C(N/N=C(/C=C/c1ccccc1)c1ccccc1)c1ccccc1I. The summed E-state index contributed by atoms with van der Waals surface area (Å²) in [6, 6.07) is 27.2. The van der Waals surface area contributed by atoms with E-state index in [1.165, 1.54) is 0 Å². The number of carbonyl (C=O) groups excluding carboxylic acids is 1. The van der Waals surface area contributed by atoms with Gasteiger partial charge >= 0.3 is 0 Å². The Hall–Kier alpha value is -2.73. The molecule has 3 aromatic rings. The van der Waals surface area contributed by atoms with Crippen LogP contribution in [0.4, 0.5) is 0 Å². The zero-order valence-electron chi connectivity index (χ0n) is 14.0. The number of nitrogens with zero attached hydrogens (tertiary/aromatic N) is 1. The molecule has 0 aromatic heterocycles. The second kappa shape index (κ2) is 9.10. The van der Waals surface area contributed by atoms with Gasteiger partial charge < -0.3 is 0 Å². The van der Waals surface area contributed by atoms with E-state index in [4.69, 9.17) is 0 Å². The van der Waals surface area contributed by atoms with Crippen LogP contribution in [0.15, 0.2) is 96.1 Å². The zero-order valence-corrected chi connectivity index (χ0v) is 16.1. The van der Waals surface area contributed by atoms with Crippen LogP contribution in [0, 0.1) is 3.57 Å². The molecule has 1 N–H and O–H groups in total. The summed E-state index contributed by atoms with van der Waals surface area (Å²) < 4.78 is 0.888. The first-order chi connectivity index (χ1) is 12.7. The number of rotatable bonds is 5. The maximum Gasteiger partial charge on any atom is 0.272 e. The summed E-state index contributed by atoms with van der Waals surface area (Å²) in [7, 11) is 0. The summed E-state index contributed by atoms with van der Waals surface area (Å²) in [5.74, 6) is -0.225. The first kappa shape index (κ1) is 18.1. The molecule has 26 heavy (non-hydrogen) atoms. The third-order valence-electron chi connectivity index (χ3n) is 3.70. The smallest absolute Gasteiger partial charge is 0.267 e. The van der Waals surface area contributed by atoms with E-state index in [2.05, 4.69) is 33.1 Å². The number of amides is 1. The molecule has 1 amide bonds. The number of benzene rings is 3. The van der Waals surface area contributed by atoms with Gasteiger partial charge in [0.2, 0.25) is 0 Å². The van der Waals surface area contributed by atoms with E-state index in [9.17, 15) is 4.79 Å². The fourth-order valence-electron chi connectivity index (χ4n) is 2.36. The number of halogens is 1. The van der Waals surface area contributed by atoms with Gasteiger partial charge in [0.25, 0.3) is 5.91 Å². The number of hydrogen-bond donors (Lipinski definition) is 1. The molecular formula is C22H17IN2O. The Labute approximate surface area is 166 Å². The largest absolute Gasteiger partial charge is 0.272 e. The Balaban J connectivity index is 1.86. The highest BCUT2D eigenvalue weighted by Gasteiger charge is 2.08. The number of hydrazone groups is 1. The Morgan fingerprint density at radius 1 is 0.846 bits per heavy atom. The molecule has 0 atom stereocenters. The molecule has 0 aliphatic carbocycles. The summed E-state index contributed by atoms with van der Waals surface area (Å²) in [5.41, 5.74) is 5.97. The molecule has 128 valence electrons. The van der Waals surface area contributed by atoms with Crippen molar-refractivity contribution in [1.82, 2.24) is 5.43 Å². The van der Waals surface area contributed by atoms with Gasteiger partial charge in [0.15, 0.2) is 0 Å². The minimum Gasteiger partial charge on any atom is -0.267 e. The van der Waals surface area contributed by atoms with Crippen molar-refractivity contribution in [2.24, 2.45) is 5.10 Å². The minimum atomic E-state index is -0.225. The van der Waals surface area contributed by atoms with Crippen molar-refractivity contribution in [2.75, 3.05) is 0 Å². The lowest BCUT2D eigenvalue weighted by Crippen LogP contribution is -2.20. The van der Waals surface area contributed by atoms with Gasteiger partial charge in [-0.05, 0) is 46.4 Å². The molecular weight excluding hydrogens is 435 g/mol. The Morgan fingerprint density at radius 2 is 1.46 bits per heavy atom. The summed E-state index contributed by atoms with van der Waals surface area (Å²) >= 11 is 2.15. The number of hydrogen-bond acceptors (Lipinski definition) is 2. The standard InChI is InChI=1S/C22H17IN2O/c23-20-14-8-7-13-19(20)22(26)25-24-21(18-11-5-2-6-12-18)16-15-17-9-3-1-4-10-17/h1-16H,(H,25,26)/b16-15+,24-21-. The van der Waals surface area contributed by atoms with Crippen molar-refractivity contribution in [2.45, 2.75) is 0 Å². The van der Waals surface area contributed by atoms with E-state index < -0.39 is 0 Å². The third kappa shape index (κ3) is 4.89. The third-order valence-corrected chi connectivity index (χ3v) is 4.64. The molecule has 3 nitrogen and oxygen atoms in total. The van der Waals surface area contributed by atoms with Crippen LogP contribution in [0.1, 0.15) is 21.5 Å². The summed E-state index contributed by atoms with van der Waals surface area (Å²) in [6.45, 7) is 0. The fourth-order valence-corrected chi connectivity index (χ4v) is 3.00. The van der Waals surface area contributed by atoms with Crippen molar-refractivity contribution in [1.29, 1.82) is 0 Å². The summed E-state index contributed by atoms with van der Waals surface area (Å²) in [5, 5.41) is 4.35. The van der Waals surface area contributed by atoms with Gasteiger partial charge in [-0.25, -0.2) is 5.43 Å². The van der Waals surface area contributed by atoms with E-state index in [0.29, 0.717) is 11.3 Å². The Morgan fingerprint density at radius 3 is 2.15 bits per heavy atom. The van der Waals surface area contributed by atoms with Gasteiger partial charge in [-0.15, -0.1) is 0 Å². The highest BCUT2D eigenvalue weighted by atomic mass is 127. The van der Waals surface area contributed by atoms with Gasteiger partial charge in [-0.2, -0.15) is 5.10 Å². The minimum absolute atomic E-state index is 0.225. The lowest BCUT2D eigenvalue weighted by molar-refractivity contribution is 0.0954. The van der Waals surface area contributed by atoms with E-state index in [0.717, 1.165) is 14.7 Å². The van der Waals surface area contributed by atoms with Crippen LogP contribution in [-0.2, 0) is 0 Å². The van der Waals surface area contributed by atoms with Crippen LogP contribution in [0.5, 0.6) is 0 Å². The molecule has 4 heteroatoms. The fraction of sp³-hybridized carbons (Fsp3) is 0. The molecule has 0 spiro atoms. The molecule has 0 aliphatic rings. The van der Waals surface area contributed by atoms with Gasteiger partial charge in [0, 0.05) is 9.13 Å². The average Bonchev–Trinajstić information content (AvgIpc) is 2.69. The van der Waals surface area contributed by atoms with E-state index >= 15 is 0 Å². The maximum absolute atomic E-state index is 12.4. The van der Waals surface area contributed by atoms with Crippen LogP contribution in [0.3, 0.4) is 0 Å². The number of carbonyl (C=O) groups is 1. The molecule has 0 unspecified atom stereocenters. The quantitative estimate of drug-likeness (QED) is 0.325. The van der Waals surface area contributed by atoms with Crippen molar-refractivity contribution < 1.29 is 4.79 Å². The van der Waals surface area contributed by atoms with Crippen LogP contribution in [0.25, 0.3) is 6.08 Å². The lowest BCUT2D eigenvalue weighted by atomic mass is 10.1. The normalized spacial score (nSPS) is 11.5. The zero-order chi connectivity index (χ0) is 18.2. The van der Waals surface area contributed by atoms with Crippen molar-refractivity contribution >= 4 is 40.3 Å². The van der Waals surface area contributed by atoms with Crippen LogP contribution in [0.2, 0.25) is 0 Å². The molecule has 0 bridgehead atoms. The summed E-state index contributed by atoms with van der Waals surface area (Å²) in [4.78, 5) is 12.4. The molecule has 0 fully saturated rings. The van der Waals surface area contributed by atoms with Gasteiger partial charge in [-0.3, -0.25) is 4.79 Å². The topological polar surface area (TPSA) is 41.5 Å². The van der Waals surface area contributed by atoms with Crippen molar-refractivity contribution in [3.63, 3.8) is 0 Å². The van der Waals surface area contributed by atoms with E-state index in [-0.39, 0.29) is 5.91 Å². The van der Waals surface area contributed by atoms with Crippen LogP contribution >= 0.6 is 22.6 Å². The average molecular weight is 452 g/mol. The molecule has 3 aromatic carbocycles. The molecule has 3 rings (SSSR count). The highest BCUT2D eigenvalue weighted by molar-refractivity contribution is 14.1. The predicted octanol–water partition coefficient (Wildman–Crippen LogP) is 5.14. The van der Waals surface area contributed by atoms with Gasteiger partial charge in [0.1, 0.15) is 0 Å².